The van der Waals surface area contributed by atoms with Crippen LogP contribution in [-0.2, 0) is 13.6 Å². The van der Waals surface area contributed by atoms with Crippen molar-refractivity contribution in [3.8, 4) is 0 Å². The van der Waals surface area contributed by atoms with E-state index >= 15 is 0 Å². The van der Waals surface area contributed by atoms with Gasteiger partial charge in [0, 0.05) is 38.9 Å². The standard InChI is InChI=1S/C16H22N4O2/c1-12-15(13(2)18(3)17-12)16(21)20-8-6-19(7-9-20)11-14-5-4-10-22-14/h4-5,10H,6-9,11H2,1-3H3. The van der Waals surface area contributed by atoms with Crippen molar-refractivity contribution >= 4 is 5.91 Å². The Balaban J connectivity index is 1.62. The van der Waals surface area contributed by atoms with Gasteiger partial charge in [0.05, 0.1) is 24.1 Å². The maximum absolute atomic E-state index is 12.7. The van der Waals surface area contributed by atoms with Gasteiger partial charge in [0.1, 0.15) is 5.76 Å². The zero-order chi connectivity index (χ0) is 15.7. The number of hydrogen-bond donors (Lipinski definition) is 0. The molecule has 1 amide bonds. The van der Waals surface area contributed by atoms with E-state index in [-0.39, 0.29) is 5.91 Å². The van der Waals surface area contributed by atoms with Gasteiger partial charge in [-0.2, -0.15) is 5.10 Å². The first-order valence-electron chi connectivity index (χ1n) is 7.60. The molecule has 0 unspecified atom stereocenters. The molecular weight excluding hydrogens is 280 g/mol. The highest BCUT2D eigenvalue weighted by Gasteiger charge is 2.26. The first-order valence-corrected chi connectivity index (χ1v) is 7.60. The quantitative estimate of drug-likeness (QED) is 0.864. The molecule has 0 radical (unpaired) electrons. The minimum atomic E-state index is 0.0979. The van der Waals surface area contributed by atoms with E-state index < -0.39 is 0 Å². The molecule has 118 valence electrons. The molecule has 6 nitrogen and oxygen atoms in total. The van der Waals surface area contributed by atoms with Crippen LogP contribution < -0.4 is 0 Å². The van der Waals surface area contributed by atoms with Crippen LogP contribution in [0.2, 0.25) is 0 Å². The monoisotopic (exact) mass is 302 g/mol. The molecule has 6 heteroatoms. The maximum Gasteiger partial charge on any atom is 0.257 e. The van der Waals surface area contributed by atoms with E-state index in [2.05, 4.69) is 10.00 Å². The van der Waals surface area contributed by atoms with Crippen LogP contribution in [0.15, 0.2) is 22.8 Å². The summed E-state index contributed by atoms with van der Waals surface area (Å²) in [6.45, 7) is 7.87. The lowest BCUT2D eigenvalue weighted by Crippen LogP contribution is -2.48. The van der Waals surface area contributed by atoms with Gasteiger partial charge in [-0.25, -0.2) is 0 Å². The highest BCUT2D eigenvalue weighted by molar-refractivity contribution is 5.96. The van der Waals surface area contributed by atoms with E-state index in [1.165, 1.54) is 0 Å². The largest absolute Gasteiger partial charge is 0.468 e. The van der Waals surface area contributed by atoms with Crippen molar-refractivity contribution in [1.82, 2.24) is 19.6 Å². The van der Waals surface area contributed by atoms with E-state index in [1.807, 2.05) is 37.9 Å². The third-order valence-corrected chi connectivity index (χ3v) is 4.34. The Labute approximate surface area is 130 Å². The summed E-state index contributed by atoms with van der Waals surface area (Å²) in [6.07, 6.45) is 1.70. The molecule has 0 saturated carbocycles. The summed E-state index contributed by atoms with van der Waals surface area (Å²) >= 11 is 0. The predicted octanol–water partition coefficient (Wildman–Crippen LogP) is 1.59. The molecule has 0 aliphatic carbocycles. The summed E-state index contributed by atoms with van der Waals surface area (Å²) in [5.74, 6) is 1.07. The molecule has 1 saturated heterocycles. The molecule has 0 N–H and O–H groups in total. The lowest BCUT2D eigenvalue weighted by atomic mass is 10.1. The van der Waals surface area contributed by atoms with Gasteiger partial charge in [0.2, 0.25) is 0 Å². The first kappa shape index (κ1) is 14.8. The molecule has 1 aliphatic rings. The van der Waals surface area contributed by atoms with Crippen LogP contribution in [0.5, 0.6) is 0 Å². The zero-order valence-electron chi connectivity index (χ0n) is 13.4. The SMILES string of the molecule is Cc1nn(C)c(C)c1C(=O)N1CCN(Cc2ccco2)CC1. The number of carbonyl (C=O) groups excluding carboxylic acids is 1. The fourth-order valence-corrected chi connectivity index (χ4v) is 2.97. The van der Waals surface area contributed by atoms with Crippen molar-refractivity contribution in [2.75, 3.05) is 26.2 Å². The van der Waals surface area contributed by atoms with Crippen LogP contribution in [0, 0.1) is 13.8 Å². The molecular formula is C16H22N4O2. The molecule has 2 aromatic heterocycles. The van der Waals surface area contributed by atoms with Gasteiger partial charge in [-0.3, -0.25) is 14.4 Å². The molecule has 0 bridgehead atoms. The normalized spacial score (nSPS) is 16.2. The fourth-order valence-electron chi connectivity index (χ4n) is 2.97. The van der Waals surface area contributed by atoms with E-state index in [4.69, 9.17) is 4.42 Å². The summed E-state index contributed by atoms with van der Waals surface area (Å²) in [5, 5.41) is 4.34. The lowest BCUT2D eigenvalue weighted by Gasteiger charge is -2.34. The second-order valence-corrected chi connectivity index (χ2v) is 5.82. The van der Waals surface area contributed by atoms with Crippen molar-refractivity contribution in [2.24, 2.45) is 7.05 Å². The zero-order valence-corrected chi connectivity index (χ0v) is 13.4. The Morgan fingerprint density at radius 3 is 2.55 bits per heavy atom. The predicted molar refractivity (Wildman–Crippen MR) is 82.6 cm³/mol. The van der Waals surface area contributed by atoms with Crippen molar-refractivity contribution < 1.29 is 9.21 Å². The number of aryl methyl sites for hydroxylation is 2. The Morgan fingerprint density at radius 1 is 1.27 bits per heavy atom. The Kier molecular flexibility index (Phi) is 4.02. The van der Waals surface area contributed by atoms with Crippen LogP contribution in [0.4, 0.5) is 0 Å². The summed E-state index contributed by atoms with van der Waals surface area (Å²) < 4.78 is 7.15. The molecule has 0 spiro atoms. The van der Waals surface area contributed by atoms with Gasteiger partial charge >= 0.3 is 0 Å². The number of piperazine rings is 1. The van der Waals surface area contributed by atoms with Crippen molar-refractivity contribution in [2.45, 2.75) is 20.4 Å². The minimum absolute atomic E-state index is 0.0979. The number of hydrogen-bond acceptors (Lipinski definition) is 4. The van der Waals surface area contributed by atoms with E-state index in [0.29, 0.717) is 0 Å². The fraction of sp³-hybridized carbons (Fsp3) is 0.500. The van der Waals surface area contributed by atoms with Crippen molar-refractivity contribution in [3.63, 3.8) is 0 Å². The van der Waals surface area contributed by atoms with Gasteiger partial charge in [0.25, 0.3) is 5.91 Å². The van der Waals surface area contributed by atoms with E-state index in [9.17, 15) is 4.79 Å². The minimum Gasteiger partial charge on any atom is -0.468 e. The number of furan rings is 1. The Morgan fingerprint density at radius 2 is 2.00 bits per heavy atom. The summed E-state index contributed by atoms with van der Waals surface area (Å²) in [4.78, 5) is 17.0. The number of carbonyl (C=O) groups is 1. The summed E-state index contributed by atoms with van der Waals surface area (Å²) in [7, 11) is 1.88. The topological polar surface area (TPSA) is 54.5 Å². The second kappa shape index (κ2) is 5.96. The summed E-state index contributed by atoms with van der Waals surface area (Å²) in [6, 6.07) is 3.89. The molecule has 1 fully saturated rings. The highest BCUT2D eigenvalue weighted by Crippen LogP contribution is 2.17. The highest BCUT2D eigenvalue weighted by atomic mass is 16.3. The number of nitrogens with zero attached hydrogens (tertiary/aromatic N) is 4. The average molecular weight is 302 g/mol. The maximum atomic E-state index is 12.7. The average Bonchev–Trinajstić information content (AvgIpc) is 3.08. The molecule has 3 heterocycles. The van der Waals surface area contributed by atoms with Gasteiger partial charge in [-0.05, 0) is 26.0 Å². The number of rotatable bonds is 3. The number of amides is 1. The van der Waals surface area contributed by atoms with Gasteiger partial charge in [-0.15, -0.1) is 0 Å². The van der Waals surface area contributed by atoms with Gasteiger partial charge < -0.3 is 9.32 Å². The molecule has 2 aromatic rings. The van der Waals surface area contributed by atoms with E-state index in [0.717, 1.165) is 55.4 Å². The van der Waals surface area contributed by atoms with Crippen LogP contribution in [0.25, 0.3) is 0 Å². The molecule has 3 rings (SSSR count). The Hall–Kier alpha value is -2.08. The van der Waals surface area contributed by atoms with Gasteiger partial charge in [-0.1, -0.05) is 0 Å². The first-order chi connectivity index (χ1) is 10.6. The summed E-state index contributed by atoms with van der Waals surface area (Å²) in [5.41, 5.74) is 2.49. The van der Waals surface area contributed by atoms with Crippen LogP contribution in [-0.4, -0.2) is 51.7 Å². The lowest BCUT2D eigenvalue weighted by molar-refractivity contribution is 0.0619. The molecule has 1 aliphatic heterocycles. The molecule has 0 atom stereocenters. The second-order valence-electron chi connectivity index (χ2n) is 5.82. The molecule has 0 aromatic carbocycles. The van der Waals surface area contributed by atoms with Crippen molar-refractivity contribution in [1.29, 1.82) is 0 Å². The van der Waals surface area contributed by atoms with Crippen LogP contribution in [0.3, 0.4) is 0 Å². The third kappa shape index (κ3) is 2.78. The van der Waals surface area contributed by atoms with Crippen LogP contribution in [0.1, 0.15) is 27.5 Å². The van der Waals surface area contributed by atoms with E-state index in [1.54, 1.807) is 10.9 Å². The van der Waals surface area contributed by atoms with Crippen LogP contribution >= 0.6 is 0 Å². The number of aromatic nitrogens is 2. The van der Waals surface area contributed by atoms with Gasteiger partial charge in [0.15, 0.2) is 0 Å². The van der Waals surface area contributed by atoms with Crippen molar-refractivity contribution in [3.05, 3.63) is 41.1 Å². The molecule has 22 heavy (non-hydrogen) atoms. The smallest absolute Gasteiger partial charge is 0.257 e. The Bertz CT molecular complexity index is 652. The third-order valence-electron chi connectivity index (χ3n) is 4.34.